The normalized spacial score (nSPS) is 17.5. The van der Waals surface area contributed by atoms with Crippen molar-refractivity contribution in [2.45, 2.75) is 52.0 Å². The van der Waals surface area contributed by atoms with Crippen LogP contribution in [0.15, 0.2) is 42.5 Å². The molecule has 0 radical (unpaired) electrons. The monoisotopic (exact) mass is 325 g/mol. The largest absolute Gasteiger partial charge is 0.305 e. The Morgan fingerprint density at radius 3 is 2.42 bits per heavy atom. The molecule has 0 saturated carbocycles. The molecule has 1 aliphatic heterocycles. The van der Waals surface area contributed by atoms with Gasteiger partial charge in [0.05, 0.1) is 0 Å². The van der Waals surface area contributed by atoms with E-state index < -0.39 is 0 Å². The number of hydrogen-bond acceptors (Lipinski definition) is 1. The van der Waals surface area contributed by atoms with Crippen molar-refractivity contribution in [1.29, 1.82) is 0 Å². The molecule has 1 aliphatic rings. The van der Waals surface area contributed by atoms with Gasteiger partial charge in [-0.2, -0.15) is 0 Å². The summed E-state index contributed by atoms with van der Waals surface area (Å²) >= 11 is 0. The quantitative estimate of drug-likeness (QED) is 0.714. The molecule has 2 aromatic rings. The number of rotatable bonds is 1. The van der Waals surface area contributed by atoms with Crippen LogP contribution in [0.25, 0.3) is 0 Å². The van der Waals surface area contributed by atoms with Gasteiger partial charge < -0.3 is 4.90 Å². The fourth-order valence-electron chi connectivity index (χ4n) is 3.28. The summed E-state index contributed by atoms with van der Waals surface area (Å²) in [5.41, 5.74) is 3.68. The molecule has 0 fully saturated rings. The van der Waals surface area contributed by atoms with E-state index in [2.05, 4.69) is 20.8 Å². The highest BCUT2D eigenvalue weighted by Gasteiger charge is 2.29. The smallest absolute Gasteiger partial charge is 0.258 e. The maximum Gasteiger partial charge on any atom is 0.258 e. The summed E-state index contributed by atoms with van der Waals surface area (Å²) in [4.78, 5) is 14.9. The van der Waals surface area contributed by atoms with Gasteiger partial charge in [0.1, 0.15) is 5.82 Å². The molecule has 1 atom stereocenters. The van der Waals surface area contributed by atoms with E-state index in [1.807, 2.05) is 36.1 Å². The topological polar surface area (TPSA) is 20.3 Å². The van der Waals surface area contributed by atoms with Gasteiger partial charge in [-0.1, -0.05) is 32.9 Å². The Hall–Kier alpha value is -2.16. The van der Waals surface area contributed by atoms with E-state index in [9.17, 15) is 9.18 Å². The Morgan fingerprint density at radius 1 is 1.12 bits per heavy atom. The van der Waals surface area contributed by atoms with Crippen molar-refractivity contribution >= 4 is 11.6 Å². The van der Waals surface area contributed by atoms with Gasteiger partial charge in [-0.3, -0.25) is 4.79 Å². The second-order valence-corrected chi connectivity index (χ2v) is 7.66. The minimum atomic E-state index is -0.245. The molecule has 24 heavy (non-hydrogen) atoms. The predicted octanol–water partition coefficient (Wildman–Crippen LogP) is 5.10. The summed E-state index contributed by atoms with van der Waals surface area (Å²) in [7, 11) is 0. The van der Waals surface area contributed by atoms with Crippen molar-refractivity contribution in [3.63, 3.8) is 0 Å². The standard InChI is InChI=1S/C21H24FNO/c1-14-5-6-16-13-18(22)11-12-19(16)23(14)20(24)15-7-9-17(10-8-15)21(2,3)4/h7-14H,5-6H2,1-4H3/t14-/m1/s1. The summed E-state index contributed by atoms with van der Waals surface area (Å²) in [6.45, 7) is 8.51. The molecular weight excluding hydrogens is 301 g/mol. The SMILES string of the molecule is C[C@@H]1CCc2cc(F)ccc2N1C(=O)c1ccc(C(C)(C)C)cc1. The van der Waals surface area contributed by atoms with Crippen LogP contribution in [0.5, 0.6) is 0 Å². The van der Waals surface area contributed by atoms with Gasteiger partial charge in [0, 0.05) is 17.3 Å². The highest BCUT2D eigenvalue weighted by atomic mass is 19.1. The zero-order valence-electron chi connectivity index (χ0n) is 14.8. The fraction of sp³-hybridized carbons (Fsp3) is 0.381. The van der Waals surface area contributed by atoms with Gasteiger partial charge in [-0.15, -0.1) is 0 Å². The number of amides is 1. The maximum atomic E-state index is 13.5. The second-order valence-electron chi connectivity index (χ2n) is 7.66. The predicted molar refractivity (Wildman–Crippen MR) is 96.1 cm³/mol. The molecule has 0 aliphatic carbocycles. The van der Waals surface area contributed by atoms with Gasteiger partial charge in [0.15, 0.2) is 0 Å². The number of halogens is 1. The summed E-state index contributed by atoms with van der Waals surface area (Å²) in [6, 6.07) is 12.6. The molecule has 2 nitrogen and oxygen atoms in total. The van der Waals surface area contributed by atoms with Gasteiger partial charge >= 0.3 is 0 Å². The molecule has 2 aromatic carbocycles. The van der Waals surface area contributed by atoms with E-state index >= 15 is 0 Å². The summed E-state index contributed by atoms with van der Waals surface area (Å²) in [5.74, 6) is -0.263. The zero-order valence-corrected chi connectivity index (χ0v) is 14.8. The van der Waals surface area contributed by atoms with Crippen LogP contribution in [-0.4, -0.2) is 11.9 Å². The van der Waals surface area contributed by atoms with Crippen LogP contribution < -0.4 is 4.90 Å². The van der Waals surface area contributed by atoms with E-state index in [1.165, 1.54) is 11.6 Å². The van der Waals surface area contributed by atoms with Crippen LogP contribution in [0.1, 0.15) is 55.6 Å². The lowest BCUT2D eigenvalue weighted by Gasteiger charge is -2.35. The number of nitrogens with zero attached hydrogens (tertiary/aromatic N) is 1. The maximum absolute atomic E-state index is 13.5. The highest BCUT2D eigenvalue weighted by Crippen LogP contribution is 2.33. The number of benzene rings is 2. The Labute approximate surface area is 143 Å². The molecule has 0 saturated heterocycles. The van der Waals surface area contributed by atoms with Crippen LogP contribution in [0.2, 0.25) is 0 Å². The van der Waals surface area contributed by atoms with Gasteiger partial charge in [0.2, 0.25) is 0 Å². The lowest BCUT2D eigenvalue weighted by atomic mass is 9.86. The third-order valence-corrected chi connectivity index (χ3v) is 4.79. The number of carbonyl (C=O) groups excluding carboxylic acids is 1. The van der Waals surface area contributed by atoms with Gasteiger partial charge in [0.25, 0.3) is 5.91 Å². The first-order valence-electron chi connectivity index (χ1n) is 8.50. The first kappa shape index (κ1) is 16.7. The lowest BCUT2D eigenvalue weighted by Crippen LogP contribution is -2.42. The number of fused-ring (bicyclic) bond motifs is 1. The molecule has 3 heteroatoms. The average Bonchev–Trinajstić information content (AvgIpc) is 2.54. The van der Waals surface area contributed by atoms with E-state index in [-0.39, 0.29) is 23.2 Å². The van der Waals surface area contributed by atoms with Crippen LogP contribution in [-0.2, 0) is 11.8 Å². The molecule has 0 bridgehead atoms. The minimum absolute atomic E-state index is 0.0180. The Morgan fingerprint density at radius 2 is 1.79 bits per heavy atom. The van der Waals surface area contributed by atoms with E-state index in [4.69, 9.17) is 0 Å². The summed E-state index contributed by atoms with van der Waals surface area (Å²) in [6.07, 6.45) is 1.66. The second kappa shape index (κ2) is 6.04. The Balaban J connectivity index is 1.95. The summed E-state index contributed by atoms with van der Waals surface area (Å²) in [5, 5.41) is 0. The molecule has 0 N–H and O–H groups in total. The van der Waals surface area contributed by atoms with Crippen molar-refractivity contribution in [3.05, 3.63) is 65.0 Å². The minimum Gasteiger partial charge on any atom is -0.305 e. The fourth-order valence-corrected chi connectivity index (χ4v) is 3.28. The molecular formula is C21H24FNO. The molecule has 126 valence electrons. The van der Waals surface area contributed by atoms with Crippen LogP contribution in [0, 0.1) is 5.82 Å². The average molecular weight is 325 g/mol. The van der Waals surface area contributed by atoms with Crippen LogP contribution in [0.3, 0.4) is 0 Å². The van der Waals surface area contributed by atoms with Crippen molar-refractivity contribution in [3.8, 4) is 0 Å². The van der Waals surface area contributed by atoms with Crippen molar-refractivity contribution in [2.75, 3.05) is 4.90 Å². The zero-order chi connectivity index (χ0) is 17.5. The van der Waals surface area contributed by atoms with Crippen LogP contribution >= 0.6 is 0 Å². The molecule has 1 heterocycles. The highest BCUT2D eigenvalue weighted by molar-refractivity contribution is 6.07. The van der Waals surface area contributed by atoms with E-state index in [0.29, 0.717) is 5.56 Å². The number of carbonyl (C=O) groups is 1. The Bertz CT molecular complexity index is 758. The molecule has 0 aromatic heterocycles. The number of anilines is 1. The van der Waals surface area contributed by atoms with E-state index in [1.54, 1.807) is 12.1 Å². The lowest BCUT2D eigenvalue weighted by molar-refractivity contribution is 0.0975. The number of hydrogen-bond donors (Lipinski definition) is 0. The third kappa shape index (κ3) is 3.08. The molecule has 0 spiro atoms. The number of aryl methyl sites for hydroxylation is 1. The van der Waals surface area contributed by atoms with Gasteiger partial charge in [-0.05, 0) is 66.6 Å². The molecule has 1 amide bonds. The van der Waals surface area contributed by atoms with Crippen molar-refractivity contribution in [2.24, 2.45) is 0 Å². The first-order chi connectivity index (χ1) is 11.3. The van der Waals surface area contributed by atoms with E-state index in [0.717, 1.165) is 24.1 Å². The van der Waals surface area contributed by atoms with Crippen molar-refractivity contribution < 1.29 is 9.18 Å². The van der Waals surface area contributed by atoms with Gasteiger partial charge in [-0.25, -0.2) is 4.39 Å². The Kier molecular flexibility index (Phi) is 4.20. The van der Waals surface area contributed by atoms with Crippen LogP contribution in [0.4, 0.5) is 10.1 Å². The third-order valence-electron chi connectivity index (χ3n) is 4.79. The molecule has 0 unspecified atom stereocenters. The first-order valence-corrected chi connectivity index (χ1v) is 8.50. The molecule has 3 rings (SSSR count). The van der Waals surface area contributed by atoms with Crippen molar-refractivity contribution in [1.82, 2.24) is 0 Å². The summed E-state index contributed by atoms with van der Waals surface area (Å²) < 4.78 is 13.5.